The minimum atomic E-state index is -0.264. The van der Waals surface area contributed by atoms with E-state index in [9.17, 15) is 4.79 Å². The Morgan fingerprint density at radius 2 is 2.09 bits per heavy atom. The Labute approximate surface area is 67.6 Å². The van der Waals surface area contributed by atoms with Crippen molar-refractivity contribution in [2.75, 3.05) is 20.7 Å². The summed E-state index contributed by atoms with van der Waals surface area (Å²) in [5.41, 5.74) is 0.590. The molecule has 0 unspecified atom stereocenters. The van der Waals surface area contributed by atoms with Gasteiger partial charge < -0.3 is 9.64 Å². The number of carbonyl (C=O) groups is 1. The van der Waals surface area contributed by atoms with Crippen molar-refractivity contribution < 1.29 is 9.53 Å². The smallest absolute Gasteiger partial charge is 0.354 e. The van der Waals surface area contributed by atoms with Crippen molar-refractivity contribution in [2.45, 2.75) is 13.8 Å². The summed E-state index contributed by atoms with van der Waals surface area (Å²) >= 11 is 0. The first-order chi connectivity index (χ1) is 5.13. The van der Waals surface area contributed by atoms with Gasteiger partial charge in [0.1, 0.15) is 5.70 Å². The lowest BCUT2D eigenvalue weighted by atomic mass is 10.4. The van der Waals surface area contributed by atoms with Crippen molar-refractivity contribution in [1.29, 1.82) is 0 Å². The molecule has 0 atom stereocenters. The van der Waals surface area contributed by atoms with Crippen LogP contribution in [0.1, 0.15) is 13.8 Å². The molecule has 0 saturated heterocycles. The summed E-state index contributed by atoms with van der Waals surface area (Å²) in [4.78, 5) is 12.8. The lowest BCUT2D eigenvalue weighted by Gasteiger charge is -2.14. The molecule has 3 heteroatoms. The summed E-state index contributed by atoms with van der Waals surface area (Å²) in [5.74, 6) is -0.264. The monoisotopic (exact) mass is 157 g/mol. The molecule has 0 radical (unpaired) electrons. The Bertz CT molecular complexity index is 161. The van der Waals surface area contributed by atoms with Gasteiger partial charge in [0.15, 0.2) is 0 Å². The largest absolute Gasteiger partial charge is 0.461 e. The first-order valence-electron chi connectivity index (χ1n) is 3.64. The lowest BCUT2D eigenvalue weighted by molar-refractivity contribution is -0.140. The second-order valence-corrected chi connectivity index (χ2v) is 2.29. The highest BCUT2D eigenvalue weighted by Gasteiger charge is 2.09. The number of nitrogens with zero attached hydrogens (tertiary/aromatic N) is 1. The van der Waals surface area contributed by atoms with Gasteiger partial charge in [-0.3, -0.25) is 0 Å². The normalized spacial score (nSPS) is 11.1. The Hall–Kier alpha value is -0.990. The molecule has 0 saturated carbocycles. The van der Waals surface area contributed by atoms with E-state index < -0.39 is 0 Å². The molecule has 0 aromatic heterocycles. The van der Waals surface area contributed by atoms with Crippen LogP contribution in [0, 0.1) is 0 Å². The van der Waals surface area contributed by atoms with E-state index in [1.165, 1.54) is 0 Å². The summed E-state index contributed by atoms with van der Waals surface area (Å²) < 4.78 is 4.81. The second kappa shape index (κ2) is 4.77. The van der Waals surface area contributed by atoms with E-state index in [4.69, 9.17) is 4.74 Å². The minimum absolute atomic E-state index is 0.264. The molecular weight excluding hydrogens is 142 g/mol. The van der Waals surface area contributed by atoms with Gasteiger partial charge in [0.05, 0.1) is 6.61 Å². The quantitative estimate of drug-likeness (QED) is 0.452. The third-order valence-electron chi connectivity index (χ3n) is 1.24. The molecule has 0 amide bonds. The van der Waals surface area contributed by atoms with Crippen LogP contribution in [0.4, 0.5) is 0 Å². The van der Waals surface area contributed by atoms with Gasteiger partial charge in [0.25, 0.3) is 0 Å². The Morgan fingerprint density at radius 3 is 2.36 bits per heavy atom. The molecule has 64 valence electrons. The van der Waals surface area contributed by atoms with E-state index in [0.717, 1.165) is 0 Å². The van der Waals surface area contributed by atoms with Crippen molar-refractivity contribution in [3.05, 3.63) is 11.8 Å². The van der Waals surface area contributed by atoms with Gasteiger partial charge in [-0.2, -0.15) is 0 Å². The fourth-order valence-electron chi connectivity index (χ4n) is 0.764. The molecule has 0 rings (SSSR count). The van der Waals surface area contributed by atoms with Crippen molar-refractivity contribution in [3.63, 3.8) is 0 Å². The second-order valence-electron chi connectivity index (χ2n) is 2.29. The lowest BCUT2D eigenvalue weighted by Crippen LogP contribution is -2.21. The van der Waals surface area contributed by atoms with E-state index in [-0.39, 0.29) is 5.97 Å². The first-order valence-corrected chi connectivity index (χ1v) is 3.64. The number of rotatable bonds is 3. The van der Waals surface area contributed by atoms with Gasteiger partial charge in [0, 0.05) is 14.1 Å². The molecule has 3 nitrogen and oxygen atoms in total. The van der Waals surface area contributed by atoms with Gasteiger partial charge in [-0.15, -0.1) is 0 Å². The SMILES string of the molecule is C/C=C(/C(=O)OCC)N(C)C. The van der Waals surface area contributed by atoms with Crippen LogP contribution in [0.25, 0.3) is 0 Å². The van der Waals surface area contributed by atoms with Crippen LogP contribution in [-0.2, 0) is 9.53 Å². The van der Waals surface area contributed by atoms with Crippen LogP contribution in [0.5, 0.6) is 0 Å². The Kier molecular flexibility index (Phi) is 4.34. The molecule has 0 aromatic rings. The highest BCUT2D eigenvalue weighted by atomic mass is 16.5. The van der Waals surface area contributed by atoms with Crippen LogP contribution in [-0.4, -0.2) is 31.6 Å². The van der Waals surface area contributed by atoms with Gasteiger partial charge in [0.2, 0.25) is 0 Å². The molecule has 0 spiro atoms. The zero-order valence-corrected chi connectivity index (χ0v) is 7.55. The zero-order chi connectivity index (χ0) is 8.85. The number of ether oxygens (including phenoxy) is 1. The highest BCUT2D eigenvalue weighted by Crippen LogP contribution is 2.00. The third-order valence-corrected chi connectivity index (χ3v) is 1.24. The fraction of sp³-hybridized carbons (Fsp3) is 0.625. The Balaban J connectivity index is 4.17. The first kappa shape index (κ1) is 10.0. The molecular formula is C8H15NO2. The van der Waals surface area contributed by atoms with E-state index in [2.05, 4.69) is 0 Å². The van der Waals surface area contributed by atoms with Crippen LogP contribution in [0.15, 0.2) is 11.8 Å². The molecule has 0 N–H and O–H groups in total. The molecule has 0 fully saturated rings. The maximum absolute atomic E-state index is 11.1. The molecule has 0 bridgehead atoms. The van der Waals surface area contributed by atoms with Crippen molar-refractivity contribution >= 4 is 5.97 Å². The van der Waals surface area contributed by atoms with E-state index in [1.54, 1.807) is 17.9 Å². The summed E-state index contributed by atoms with van der Waals surface area (Å²) in [6, 6.07) is 0. The van der Waals surface area contributed by atoms with Crippen molar-refractivity contribution in [3.8, 4) is 0 Å². The average molecular weight is 157 g/mol. The number of carbonyl (C=O) groups excluding carboxylic acids is 1. The van der Waals surface area contributed by atoms with E-state index in [0.29, 0.717) is 12.3 Å². The van der Waals surface area contributed by atoms with E-state index >= 15 is 0 Å². The topological polar surface area (TPSA) is 29.5 Å². The number of likely N-dealkylation sites (N-methyl/N-ethyl adjacent to an activating group) is 1. The van der Waals surface area contributed by atoms with Gasteiger partial charge in [-0.05, 0) is 13.8 Å². The van der Waals surface area contributed by atoms with Crippen LogP contribution in [0.2, 0.25) is 0 Å². The number of hydrogen-bond donors (Lipinski definition) is 0. The van der Waals surface area contributed by atoms with E-state index in [1.807, 2.05) is 21.0 Å². The summed E-state index contributed by atoms with van der Waals surface area (Å²) in [6.45, 7) is 4.02. The summed E-state index contributed by atoms with van der Waals surface area (Å²) in [5, 5.41) is 0. The third kappa shape index (κ3) is 3.07. The number of hydrogen-bond acceptors (Lipinski definition) is 3. The summed E-state index contributed by atoms with van der Waals surface area (Å²) in [6.07, 6.45) is 1.73. The van der Waals surface area contributed by atoms with Gasteiger partial charge >= 0.3 is 5.97 Å². The standard InChI is InChI=1S/C8H15NO2/c1-5-7(9(3)4)8(10)11-6-2/h5H,6H2,1-4H3/b7-5-. The highest BCUT2D eigenvalue weighted by molar-refractivity contribution is 5.87. The fourth-order valence-corrected chi connectivity index (χ4v) is 0.764. The molecule has 0 aliphatic carbocycles. The number of allylic oxidation sites excluding steroid dienone is 1. The number of esters is 1. The molecule has 0 aliphatic heterocycles. The molecule has 0 aromatic carbocycles. The predicted octanol–water partition coefficient (Wildman–Crippen LogP) is 1.01. The van der Waals surface area contributed by atoms with Gasteiger partial charge in [-0.25, -0.2) is 4.79 Å². The maximum Gasteiger partial charge on any atom is 0.354 e. The minimum Gasteiger partial charge on any atom is -0.461 e. The summed E-state index contributed by atoms with van der Waals surface area (Å²) in [7, 11) is 3.62. The average Bonchev–Trinajstić information content (AvgIpc) is 1.88. The van der Waals surface area contributed by atoms with Crippen LogP contribution in [0.3, 0.4) is 0 Å². The van der Waals surface area contributed by atoms with Crippen molar-refractivity contribution in [2.24, 2.45) is 0 Å². The molecule has 0 heterocycles. The molecule has 11 heavy (non-hydrogen) atoms. The van der Waals surface area contributed by atoms with Crippen LogP contribution < -0.4 is 0 Å². The van der Waals surface area contributed by atoms with Crippen LogP contribution >= 0.6 is 0 Å². The molecule has 0 aliphatic rings. The van der Waals surface area contributed by atoms with Crippen molar-refractivity contribution in [1.82, 2.24) is 4.90 Å². The predicted molar refractivity (Wildman–Crippen MR) is 44.1 cm³/mol. The Morgan fingerprint density at radius 1 is 1.55 bits per heavy atom. The van der Waals surface area contributed by atoms with Gasteiger partial charge in [-0.1, -0.05) is 6.08 Å². The zero-order valence-electron chi connectivity index (χ0n) is 7.55. The maximum atomic E-state index is 11.1.